The second-order valence-corrected chi connectivity index (χ2v) is 3.53. The average molecular weight is 214 g/mol. The molecule has 0 radical (unpaired) electrons. The summed E-state index contributed by atoms with van der Waals surface area (Å²) < 4.78 is 4.82. The smallest absolute Gasteiger partial charge is 0.302 e. The Hall–Kier alpha value is -0.830. The molecule has 0 atom stereocenters. The number of carbonyl (C=O) groups is 1. The highest BCUT2D eigenvalue weighted by atomic mass is 16.5. The summed E-state index contributed by atoms with van der Waals surface area (Å²) in [5, 5.41) is 8.52. The number of aliphatic hydroxyl groups is 1. The second kappa shape index (κ2) is 11.2. The van der Waals surface area contributed by atoms with Gasteiger partial charge in [0.15, 0.2) is 0 Å². The van der Waals surface area contributed by atoms with E-state index in [2.05, 4.69) is 6.08 Å². The van der Waals surface area contributed by atoms with Crippen molar-refractivity contribution in [2.75, 3.05) is 13.2 Å². The molecule has 1 N–H and O–H groups in total. The molecule has 0 heterocycles. The number of hydrogen-bond acceptors (Lipinski definition) is 3. The molecule has 0 spiro atoms. The van der Waals surface area contributed by atoms with Crippen molar-refractivity contribution in [1.29, 1.82) is 0 Å². The number of esters is 1. The van der Waals surface area contributed by atoms with Crippen LogP contribution in [0.3, 0.4) is 0 Å². The van der Waals surface area contributed by atoms with Gasteiger partial charge in [0.25, 0.3) is 0 Å². The number of carbonyl (C=O) groups excluding carboxylic acids is 1. The molecule has 3 nitrogen and oxygen atoms in total. The molecule has 0 saturated heterocycles. The van der Waals surface area contributed by atoms with Crippen molar-refractivity contribution in [3.8, 4) is 0 Å². The Balaban J connectivity index is 3.01. The Morgan fingerprint density at radius 2 is 1.80 bits per heavy atom. The summed E-state index contributed by atoms with van der Waals surface area (Å²) in [6.07, 6.45) is 10.4. The summed E-state index contributed by atoms with van der Waals surface area (Å²) in [6, 6.07) is 0. The fraction of sp³-hybridized carbons (Fsp3) is 0.750. The Kier molecular flexibility index (Phi) is 10.6. The van der Waals surface area contributed by atoms with Crippen LogP contribution in [0.25, 0.3) is 0 Å². The van der Waals surface area contributed by atoms with E-state index in [4.69, 9.17) is 9.84 Å². The van der Waals surface area contributed by atoms with Crippen molar-refractivity contribution in [2.45, 2.75) is 45.4 Å². The number of ether oxygens (including phenoxy) is 1. The van der Waals surface area contributed by atoms with Crippen LogP contribution in [0.2, 0.25) is 0 Å². The second-order valence-electron chi connectivity index (χ2n) is 3.53. The number of rotatable bonds is 9. The first kappa shape index (κ1) is 14.2. The van der Waals surface area contributed by atoms with Crippen LogP contribution >= 0.6 is 0 Å². The molecule has 0 unspecified atom stereocenters. The minimum Gasteiger partial charge on any atom is -0.466 e. The van der Waals surface area contributed by atoms with Crippen molar-refractivity contribution in [3.05, 3.63) is 12.2 Å². The van der Waals surface area contributed by atoms with Gasteiger partial charge in [0, 0.05) is 13.5 Å². The monoisotopic (exact) mass is 214 g/mol. The van der Waals surface area contributed by atoms with Gasteiger partial charge in [-0.05, 0) is 25.7 Å². The predicted molar refractivity (Wildman–Crippen MR) is 60.6 cm³/mol. The molecule has 0 aromatic rings. The third kappa shape index (κ3) is 13.2. The molecule has 0 aliphatic carbocycles. The van der Waals surface area contributed by atoms with E-state index >= 15 is 0 Å². The molecular weight excluding hydrogens is 192 g/mol. The zero-order chi connectivity index (χ0) is 11.4. The summed E-state index contributed by atoms with van der Waals surface area (Å²) in [5.74, 6) is -0.193. The van der Waals surface area contributed by atoms with E-state index in [0.717, 1.165) is 25.7 Å². The fourth-order valence-corrected chi connectivity index (χ4v) is 1.24. The highest BCUT2D eigenvalue weighted by Crippen LogP contribution is 2.04. The summed E-state index contributed by atoms with van der Waals surface area (Å²) in [6.45, 7) is 2.22. The lowest BCUT2D eigenvalue weighted by molar-refractivity contribution is -0.141. The maximum Gasteiger partial charge on any atom is 0.302 e. The Morgan fingerprint density at radius 1 is 1.13 bits per heavy atom. The lowest BCUT2D eigenvalue weighted by atomic mass is 10.1. The van der Waals surface area contributed by atoms with Crippen LogP contribution in [-0.2, 0) is 9.53 Å². The Morgan fingerprint density at radius 3 is 2.47 bits per heavy atom. The van der Waals surface area contributed by atoms with Crippen LogP contribution in [0.4, 0.5) is 0 Å². The minimum absolute atomic E-state index is 0.193. The number of hydrogen-bond donors (Lipinski definition) is 1. The van der Waals surface area contributed by atoms with Crippen LogP contribution in [-0.4, -0.2) is 24.3 Å². The fourth-order valence-electron chi connectivity index (χ4n) is 1.24. The normalized spacial score (nSPS) is 10.8. The van der Waals surface area contributed by atoms with Crippen LogP contribution in [0, 0.1) is 0 Å². The van der Waals surface area contributed by atoms with Crippen molar-refractivity contribution in [3.63, 3.8) is 0 Å². The van der Waals surface area contributed by atoms with Gasteiger partial charge < -0.3 is 9.84 Å². The number of allylic oxidation sites excluding steroid dienone is 1. The largest absolute Gasteiger partial charge is 0.466 e. The van der Waals surface area contributed by atoms with Crippen molar-refractivity contribution < 1.29 is 14.6 Å². The lowest BCUT2D eigenvalue weighted by Crippen LogP contribution is -1.99. The van der Waals surface area contributed by atoms with Crippen LogP contribution < -0.4 is 0 Å². The molecule has 15 heavy (non-hydrogen) atoms. The van der Waals surface area contributed by atoms with Crippen LogP contribution in [0.15, 0.2) is 12.2 Å². The highest BCUT2D eigenvalue weighted by molar-refractivity contribution is 5.65. The van der Waals surface area contributed by atoms with Crippen LogP contribution in [0.5, 0.6) is 0 Å². The molecule has 0 aliphatic heterocycles. The van der Waals surface area contributed by atoms with E-state index in [-0.39, 0.29) is 12.6 Å². The molecular formula is C12H22O3. The van der Waals surface area contributed by atoms with Gasteiger partial charge in [0.1, 0.15) is 0 Å². The van der Waals surface area contributed by atoms with Gasteiger partial charge in [-0.1, -0.05) is 25.0 Å². The maximum absolute atomic E-state index is 10.4. The number of unbranched alkanes of at least 4 members (excludes halogenated alkanes) is 4. The summed E-state index contributed by atoms with van der Waals surface area (Å²) in [4.78, 5) is 10.4. The standard InChI is InChI=1S/C12H22O3/c1-12(14)15-11-9-7-5-3-2-4-6-8-10-13/h4,6,13H,2-3,5,7-11H2,1H3. The van der Waals surface area contributed by atoms with Crippen molar-refractivity contribution in [1.82, 2.24) is 0 Å². The highest BCUT2D eigenvalue weighted by Gasteiger charge is 1.92. The van der Waals surface area contributed by atoms with E-state index in [1.54, 1.807) is 0 Å². The first-order valence-electron chi connectivity index (χ1n) is 5.66. The predicted octanol–water partition coefficient (Wildman–Crippen LogP) is 2.44. The zero-order valence-electron chi connectivity index (χ0n) is 9.58. The molecule has 0 aliphatic rings. The Bertz CT molecular complexity index is 176. The molecule has 0 bridgehead atoms. The first-order chi connectivity index (χ1) is 7.27. The lowest BCUT2D eigenvalue weighted by Gasteiger charge is -2.00. The quantitative estimate of drug-likeness (QED) is 0.364. The summed E-state index contributed by atoms with van der Waals surface area (Å²) >= 11 is 0. The summed E-state index contributed by atoms with van der Waals surface area (Å²) in [5.41, 5.74) is 0. The van der Waals surface area contributed by atoms with E-state index in [9.17, 15) is 4.79 Å². The maximum atomic E-state index is 10.4. The van der Waals surface area contributed by atoms with Gasteiger partial charge >= 0.3 is 5.97 Å². The SMILES string of the molecule is CC(=O)OCCCCCCC=CCCO. The third-order valence-corrected chi connectivity index (χ3v) is 2.03. The molecule has 0 saturated carbocycles. The van der Waals surface area contributed by atoms with Crippen molar-refractivity contribution in [2.24, 2.45) is 0 Å². The van der Waals surface area contributed by atoms with Crippen molar-refractivity contribution >= 4 is 5.97 Å². The van der Waals surface area contributed by atoms with E-state index in [1.165, 1.54) is 19.8 Å². The molecule has 3 heteroatoms. The molecule has 0 aromatic heterocycles. The van der Waals surface area contributed by atoms with E-state index in [1.807, 2.05) is 6.08 Å². The van der Waals surface area contributed by atoms with Crippen LogP contribution in [0.1, 0.15) is 45.4 Å². The van der Waals surface area contributed by atoms with Gasteiger partial charge in [-0.15, -0.1) is 0 Å². The van der Waals surface area contributed by atoms with E-state index < -0.39 is 0 Å². The first-order valence-corrected chi connectivity index (χ1v) is 5.66. The van der Waals surface area contributed by atoms with Gasteiger partial charge in [-0.25, -0.2) is 0 Å². The summed E-state index contributed by atoms with van der Waals surface area (Å²) in [7, 11) is 0. The molecule has 0 rings (SSSR count). The molecule has 0 amide bonds. The zero-order valence-corrected chi connectivity index (χ0v) is 9.58. The topological polar surface area (TPSA) is 46.5 Å². The van der Waals surface area contributed by atoms with Gasteiger partial charge in [0.2, 0.25) is 0 Å². The Labute approximate surface area is 92.1 Å². The molecule has 0 fully saturated rings. The van der Waals surface area contributed by atoms with Gasteiger partial charge in [-0.3, -0.25) is 4.79 Å². The minimum atomic E-state index is -0.193. The average Bonchev–Trinajstić information content (AvgIpc) is 2.20. The molecule has 0 aromatic carbocycles. The van der Waals surface area contributed by atoms with Gasteiger partial charge in [0.05, 0.1) is 6.61 Å². The van der Waals surface area contributed by atoms with Gasteiger partial charge in [-0.2, -0.15) is 0 Å². The molecule has 88 valence electrons. The van der Waals surface area contributed by atoms with E-state index in [0.29, 0.717) is 6.61 Å². The number of aliphatic hydroxyl groups excluding tert-OH is 1. The third-order valence-electron chi connectivity index (χ3n) is 2.03.